The molecule has 0 amide bonds. The van der Waals surface area contributed by atoms with Gasteiger partial charge in [0.15, 0.2) is 6.19 Å². The van der Waals surface area contributed by atoms with Gasteiger partial charge in [-0.1, -0.05) is 12.1 Å². The molecule has 0 bridgehead atoms. The zero-order chi connectivity index (χ0) is 18.5. The zero-order valence-corrected chi connectivity index (χ0v) is 14.6. The Hall–Kier alpha value is -3.06. The molecule has 1 aliphatic rings. The fourth-order valence-electron chi connectivity index (χ4n) is 3.12. The van der Waals surface area contributed by atoms with E-state index in [1.807, 2.05) is 24.3 Å². The third kappa shape index (κ3) is 3.62. The lowest BCUT2D eigenvalue weighted by Gasteiger charge is -2.16. The molecule has 0 aromatic heterocycles. The number of hydrogen-bond donors (Lipinski definition) is 2. The molecule has 2 aromatic rings. The summed E-state index contributed by atoms with van der Waals surface area (Å²) in [6.07, 6.45) is 1.93. The van der Waals surface area contributed by atoms with Crippen LogP contribution in [0.3, 0.4) is 0 Å². The van der Waals surface area contributed by atoms with Gasteiger partial charge in [0.05, 0.1) is 37.4 Å². The van der Waals surface area contributed by atoms with Crippen LogP contribution in [0.2, 0.25) is 0 Å². The van der Waals surface area contributed by atoms with E-state index in [1.54, 1.807) is 24.1 Å². The number of nitrogens with zero attached hydrogens (tertiary/aromatic N) is 3. The molecular formula is C20H20N4O2. The first-order valence-corrected chi connectivity index (χ1v) is 8.37. The summed E-state index contributed by atoms with van der Waals surface area (Å²) >= 11 is 0. The highest BCUT2D eigenvalue weighted by Gasteiger charge is 2.22. The summed E-state index contributed by atoms with van der Waals surface area (Å²) < 4.78 is 5.19. The summed E-state index contributed by atoms with van der Waals surface area (Å²) in [6.45, 7) is 1.59. The Balaban J connectivity index is 1.96. The van der Waals surface area contributed by atoms with Gasteiger partial charge in [-0.2, -0.15) is 10.5 Å². The van der Waals surface area contributed by atoms with Gasteiger partial charge < -0.3 is 20.1 Å². The molecule has 0 saturated carbocycles. The molecular weight excluding hydrogens is 328 g/mol. The van der Waals surface area contributed by atoms with Crippen molar-refractivity contribution in [3.05, 3.63) is 53.1 Å². The lowest BCUT2D eigenvalue weighted by molar-refractivity contribution is 0.0582. The van der Waals surface area contributed by atoms with Crippen LogP contribution in [-0.4, -0.2) is 36.4 Å². The normalized spacial score (nSPS) is 13.6. The first kappa shape index (κ1) is 17.8. The van der Waals surface area contributed by atoms with Gasteiger partial charge >= 0.3 is 0 Å². The first-order valence-electron chi connectivity index (χ1n) is 8.37. The van der Waals surface area contributed by atoms with Crippen LogP contribution in [0.15, 0.2) is 36.4 Å². The SMILES string of the molecule is COC(CO)CNc1cc2c(c(-c3ccc(C#N)cc3)c1)CN(C#N)C2. The predicted octanol–water partition coefficient (Wildman–Crippen LogP) is 2.44. The number of rotatable bonds is 6. The van der Waals surface area contributed by atoms with E-state index in [0.717, 1.165) is 27.9 Å². The zero-order valence-electron chi connectivity index (χ0n) is 14.6. The van der Waals surface area contributed by atoms with E-state index in [0.29, 0.717) is 25.2 Å². The molecule has 132 valence electrons. The Morgan fingerprint density at radius 2 is 2.00 bits per heavy atom. The molecule has 6 nitrogen and oxygen atoms in total. The van der Waals surface area contributed by atoms with E-state index >= 15 is 0 Å². The van der Waals surface area contributed by atoms with Crippen molar-refractivity contribution in [2.24, 2.45) is 0 Å². The minimum atomic E-state index is -0.280. The summed E-state index contributed by atoms with van der Waals surface area (Å²) in [5.74, 6) is 0. The summed E-state index contributed by atoms with van der Waals surface area (Å²) in [5, 5.41) is 30.8. The van der Waals surface area contributed by atoms with Gasteiger partial charge in [-0.05, 0) is 46.5 Å². The molecule has 0 aliphatic carbocycles. The maximum Gasteiger partial charge on any atom is 0.179 e. The quantitative estimate of drug-likeness (QED) is 0.779. The number of methoxy groups -OCH3 is 1. The number of anilines is 1. The average Bonchev–Trinajstić information content (AvgIpc) is 3.11. The lowest BCUT2D eigenvalue weighted by atomic mass is 9.95. The highest BCUT2D eigenvalue weighted by atomic mass is 16.5. The Morgan fingerprint density at radius 3 is 2.62 bits per heavy atom. The van der Waals surface area contributed by atoms with Crippen molar-refractivity contribution in [3.8, 4) is 23.4 Å². The Bertz CT molecular complexity index is 861. The second kappa shape index (κ2) is 7.88. The highest BCUT2D eigenvalue weighted by molar-refractivity contribution is 5.74. The van der Waals surface area contributed by atoms with E-state index < -0.39 is 0 Å². The van der Waals surface area contributed by atoms with Crippen molar-refractivity contribution in [2.75, 3.05) is 25.6 Å². The first-order chi connectivity index (χ1) is 12.7. The summed E-state index contributed by atoms with van der Waals surface area (Å²) in [7, 11) is 1.57. The van der Waals surface area contributed by atoms with Gasteiger partial charge in [0.25, 0.3) is 0 Å². The molecule has 6 heteroatoms. The number of ether oxygens (including phenoxy) is 1. The van der Waals surface area contributed by atoms with Gasteiger partial charge in [-0.3, -0.25) is 0 Å². The monoisotopic (exact) mass is 348 g/mol. The van der Waals surface area contributed by atoms with E-state index in [2.05, 4.69) is 17.6 Å². The van der Waals surface area contributed by atoms with Crippen LogP contribution in [0.1, 0.15) is 16.7 Å². The summed E-state index contributed by atoms with van der Waals surface area (Å²) in [5.41, 5.74) is 5.82. The minimum absolute atomic E-state index is 0.0564. The molecule has 3 rings (SSSR count). The highest BCUT2D eigenvalue weighted by Crippen LogP contribution is 2.35. The molecule has 0 fully saturated rings. The Labute approximate surface area is 152 Å². The van der Waals surface area contributed by atoms with E-state index in [4.69, 9.17) is 10.00 Å². The molecule has 0 radical (unpaired) electrons. The number of nitriles is 2. The second-order valence-electron chi connectivity index (χ2n) is 6.23. The number of hydrogen-bond acceptors (Lipinski definition) is 6. The van der Waals surface area contributed by atoms with Gasteiger partial charge in [0.1, 0.15) is 0 Å². The topological polar surface area (TPSA) is 92.3 Å². The number of aliphatic hydroxyl groups excluding tert-OH is 1. The van der Waals surface area contributed by atoms with Crippen molar-refractivity contribution >= 4 is 5.69 Å². The molecule has 0 spiro atoms. The van der Waals surface area contributed by atoms with Gasteiger partial charge in [-0.25, -0.2) is 0 Å². The van der Waals surface area contributed by atoms with E-state index in [9.17, 15) is 10.4 Å². The Morgan fingerprint density at radius 1 is 1.23 bits per heavy atom. The van der Waals surface area contributed by atoms with Gasteiger partial charge in [-0.15, -0.1) is 0 Å². The van der Waals surface area contributed by atoms with Crippen molar-refractivity contribution in [2.45, 2.75) is 19.2 Å². The molecule has 1 heterocycles. The smallest absolute Gasteiger partial charge is 0.179 e. The van der Waals surface area contributed by atoms with Crippen LogP contribution in [0.5, 0.6) is 0 Å². The molecule has 2 N–H and O–H groups in total. The fourth-order valence-corrected chi connectivity index (χ4v) is 3.12. The Kier molecular flexibility index (Phi) is 5.38. The summed E-state index contributed by atoms with van der Waals surface area (Å²) in [4.78, 5) is 1.72. The van der Waals surface area contributed by atoms with Crippen LogP contribution >= 0.6 is 0 Å². The van der Waals surface area contributed by atoms with Crippen molar-refractivity contribution < 1.29 is 9.84 Å². The third-order valence-corrected chi connectivity index (χ3v) is 4.59. The largest absolute Gasteiger partial charge is 0.394 e. The van der Waals surface area contributed by atoms with Crippen LogP contribution in [0.4, 0.5) is 5.69 Å². The lowest BCUT2D eigenvalue weighted by Crippen LogP contribution is -2.25. The van der Waals surface area contributed by atoms with Crippen molar-refractivity contribution in [3.63, 3.8) is 0 Å². The van der Waals surface area contributed by atoms with E-state index in [1.165, 1.54) is 0 Å². The standard InChI is InChI=1S/C20H20N4O2/c1-26-18(12-25)9-23-17-6-16-10-24(13-22)11-20(16)19(7-17)15-4-2-14(8-21)3-5-15/h2-7,18,23,25H,9-12H2,1H3. The fraction of sp³-hybridized carbons (Fsp3) is 0.300. The number of nitrogens with one attached hydrogen (secondary N) is 1. The predicted molar refractivity (Wildman–Crippen MR) is 97.8 cm³/mol. The van der Waals surface area contributed by atoms with E-state index in [-0.39, 0.29) is 12.7 Å². The average molecular weight is 348 g/mol. The minimum Gasteiger partial charge on any atom is -0.394 e. The molecule has 1 aliphatic heterocycles. The molecule has 2 aromatic carbocycles. The molecule has 1 unspecified atom stereocenters. The van der Waals surface area contributed by atoms with Crippen LogP contribution in [-0.2, 0) is 17.8 Å². The number of benzene rings is 2. The second-order valence-corrected chi connectivity index (χ2v) is 6.23. The third-order valence-electron chi connectivity index (χ3n) is 4.59. The molecule has 26 heavy (non-hydrogen) atoms. The van der Waals surface area contributed by atoms with Crippen molar-refractivity contribution in [1.82, 2.24) is 4.90 Å². The van der Waals surface area contributed by atoms with Gasteiger partial charge in [0, 0.05) is 19.3 Å². The number of fused-ring (bicyclic) bond motifs is 1. The maximum absolute atomic E-state index is 9.27. The van der Waals surface area contributed by atoms with Crippen LogP contribution in [0, 0.1) is 22.8 Å². The summed E-state index contributed by atoms with van der Waals surface area (Å²) in [6, 6.07) is 13.7. The van der Waals surface area contributed by atoms with Gasteiger partial charge in [0.2, 0.25) is 0 Å². The van der Waals surface area contributed by atoms with Crippen LogP contribution < -0.4 is 5.32 Å². The number of aliphatic hydroxyl groups is 1. The maximum atomic E-state index is 9.27. The van der Waals surface area contributed by atoms with Crippen LogP contribution in [0.25, 0.3) is 11.1 Å². The van der Waals surface area contributed by atoms with Crippen molar-refractivity contribution in [1.29, 1.82) is 10.5 Å². The molecule has 0 saturated heterocycles. The molecule has 1 atom stereocenters.